The second kappa shape index (κ2) is 5.48. The molecule has 0 unspecified atom stereocenters. The highest BCUT2D eigenvalue weighted by Gasteiger charge is 2.36. The largest absolute Gasteiger partial charge is 0.460 e. The maximum Gasteiger partial charge on any atom is 0.308 e. The van der Waals surface area contributed by atoms with E-state index in [4.69, 9.17) is 16.3 Å². The fourth-order valence-electron chi connectivity index (χ4n) is 2.08. The summed E-state index contributed by atoms with van der Waals surface area (Å²) in [7, 11) is 0. The second-order valence-corrected chi connectivity index (χ2v) is 6.22. The summed E-state index contributed by atoms with van der Waals surface area (Å²) in [6.45, 7) is 5.40. The Morgan fingerprint density at radius 3 is 2.57 bits per heavy atom. The molecule has 112 valence electrons. The predicted molar refractivity (Wildman–Crippen MR) is 78.6 cm³/mol. The van der Waals surface area contributed by atoms with Crippen LogP contribution in [-0.2, 0) is 14.3 Å². The predicted octanol–water partition coefficient (Wildman–Crippen LogP) is 2.60. The average molecular weight is 310 g/mol. The Morgan fingerprint density at radius 1 is 1.29 bits per heavy atom. The van der Waals surface area contributed by atoms with E-state index in [0.29, 0.717) is 16.3 Å². The maximum atomic E-state index is 12.0. The second-order valence-electron chi connectivity index (χ2n) is 5.78. The summed E-state index contributed by atoms with van der Waals surface area (Å²) in [5, 5.41) is 0.429. The Kier molecular flexibility index (Phi) is 4.05. The number of benzene rings is 1. The zero-order valence-corrected chi connectivity index (χ0v) is 12.9. The number of nitrogens with zero attached hydrogens (tertiary/aromatic N) is 1. The van der Waals surface area contributed by atoms with Gasteiger partial charge < -0.3 is 9.64 Å². The van der Waals surface area contributed by atoms with Crippen LogP contribution in [0.1, 0.15) is 37.6 Å². The molecule has 1 aromatic rings. The highest BCUT2D eigenvalue weighted by molar-refractivity contribution is 6.52. The summed E-state index contributed by atoms with van der Waals surface area (Å²) in [6.07, 6.45) is 0.0161. The third kappa shape index (κ3) is 3.42. The summed E-state index contributed by atoms with van der Waals surface area (Å²) in [6, 6.07) is 4.63. The molecular formula is C15H16ClNO4. The standard InChI is InChI=1S/C15H16ClNO4/c1-15(2,3)21-12(18)6-7-17-11-8-9(16)4-5-10(11)13(19)14(17)20/h4-5,8H,6-7H2,1-3H3. The van der Waals surface area contributed by atoms with Gasteiger partial charge in [-0.3, -0.25) is 14.4 Å². The molecule has 1 aromatic carbocycles. The number of esters is 1. The summed E-state index contributed by atoms with van der Waals surface area (Å²) in [5.41, 5.74) is 0.179. The van der Waals surface area contributed by atoms with Crippen LogP contribution in [0, 0.1) is 0 Å². The molecule has 1 amide bonds. The summed E-state index contributed by atoms with van der Waals surface area (Å²) in [4.78, 5) is 36.8. The quantitative estimate of drug-likeness (QED) is 0.636. The summed E-state index contributed by atoms with van der Waals surface area (Å²) >= 11 is 5.89. The molecule has 1 heterocycles. The molecule has 5 nitrogen and oxygen atoms in total. The molecule has 1 aliphatic heterocycles. The molecular weight excluding hydrogens is 294 g/mol. The van der Waals surface area contributed by atoms with Crippen molar-refractivity contribution in [1.29, 1.82) is 0 Å². The lowest BCUT2D eigenvalue weighted by molar-refractivity contribution is -0.154. The first-order valence-electron chi connectivity index (χ1n) is 6.56. The number of carbonyl (C=O) groups is 3. The van der Waals surface area contributed by atoms with Crippen molar-refractivity contribution in [1.82, 2.24) is 0 Å². The number of fused-ring (bicyclic) bond motifs is 1. The molecule has 0 atom stereocenters. The SMILES string of the molecule is CC(C)(C)OC(=O)CCN1C(=O)C(=O)c2ccc(Cl)cc21. The van der Waals surface area contributed by atoms with Crippen molar-refractivity contribution < 1.29 is 19.1 Å². The van der Waals surface area contributed by atoms with Crippen LogP contribution >= 0.6 is 11.6 Å². The van der Waals surface area contributed by atoms with Crippen LogP contribution in [0.25, 0.3) is 0 Å². The minimum absolute atomic E-state index is 0.0161. The number of hydrogen-bond acceptors (Lipinski definition) is 4. The van der Waals surface area contributed by atoms with E-state index in [1.54, 1.807) is 32.9 Å². The van der Waals surface area contributed by atoms with Crippen molar-refractivity contribution in [2.45, 2.75) is 32.8 Å². The van der Waals surface area contributed by atoms with Gasteiger partial charge in [0.2, 0.25) is 0 Å². The van der Waals surface area contributed by atoms with Crippen LogP contribution in [0.2, 0.25) is 5.02 Å². The van der Waals surface area contributed by atoms with Gasteiger partial charge in [-0.2, -0.15) is 0 Å². The number of ketones is 1. The number of Topliss-reactive ketones (excluding diaryl/α,β-unsaturated/α-hetero) is 1. The third-order valence-corrected chi connectivity index (χ3v) is 3.13. The normalized spacial score (nSPS) is 14.4. The van der Waals surface area contributed by atoms with Crippen LogP contribution < -0.4 is 4.90 Å². The van der Waals surface area contributed by atoms with E-state index in [1.165, 1.54) is 11.0 Å². The first-order valence-corrected chi connectivity index (χ1v) is 6.94. The number of halogens is 1. The van der Waals surface area contributed by atoms with Crippen molar-refractivity contribution in [2.24, 2.45) is 0 Å². The molecule has 0 aromatic heterocycles. The smallest absolute Gasteiger partial charge is 0.308 e. The Labute approximate surface area is 127 Å². The topological polar surface area (TPSA) is 63.7 Å². The minimum Gasteiger partial charge on any atom is -0.460 e. The molecule has 1 aliphatic rings. The van der Waals surface area contributed by atoms with Gasteiger partial charge in [0.15, 0.2) is 0 Å². The number of amides is 1. The lowest BCUT2D eigenvalue weighted by Gasteiger charge is -2.21. The summed E-state index contributed by atoms with van der Waals surface area (Å²) in [5.74, 6) is -1.64. The van der Waals surface area contributed by atoms with E-state index < -0.39 is 23.3 Å². The minimum atomic E-state index is -0.643. The van der Waals surface area contributed by atoms with Crippen molar-refractivity contribution in [2.75, 3.05) is 11.4 Å². The van der Waals surface area contributed by atoms with Crippen LogP contribution in [0.5, 0.6) is 0 Å². The Morgan fingerprint density at radius 2 is 1.95 bits per heavy atom. The average Bonchev–Trinajstić information content (AvgIpc) is 2.57. The van der Waals surface area contributed by atoms with Crippen molar-refractivity contribution in [3.63, 3.8) is 0 Å². The van der Waals surface area contributed by atoms with Crippen molar-refractivity contribution in [3.05, 3.63) is 28.8 Å². The first kappa shape index (κ1) is 15.5. The molecule has 0 spiro atoms. The lowest BCUT2D eigenvalue weighted by atomic mass is 10.1. The molecule has 0 bridgehead atoms. The lowest BCUT2D eigenvalue weighted by Crippen LogP contribution is -2.33. The fraction of sp³-hybridized carbons (Fsp3) is 0.400. The van der Waals surface area contributed by atoms with Gasteiger partial charge >= 0.3 is 5.97 Å². The van der Waals surface area contributed by atoms with Gasteiger partial charge in [0, 0.05) is 11.6 Å². The molecule has 2 rings (SSSR count). The van der Waals surface area contributed by atoms with Crippen LogP contribution in [-0.4, -0.2) is 29.8 Å². The summed E-state index contributed by atoms with van der Waals surface area (Å²) < 4.78 is 5.18. The van der Waals surface area contributed by atoms with E-state index in [9.17, 15) is 14.4 Å². The number of ether oxygens (including phenoxy) is 1. The molecule has 0 radical (unpaired) electrons. The Hall–Kier alpha value is -1.88. The zero-order valence-electron chi connectivity index (χ0n) is 12.1. The van der Waals surface area contributed by atoms with E-state index >= 15 is 0 Å². The van der Waals surface area contributed by atoms with Gasteiger partial charge in [0.1, 0.15) is 5.60 Å². The van der Waals surface area contributed by atoms with E-state index in [2.05, 4.69) is 0 Å². The van der Waals surface area contributed by atoms with Gasteiger partial charge in [0.05, 0.1) is 17.7 Å². The van der Waals surface area contributed by atoms with Gasteiger partial charge in [-0.25, -0.2) is 0 Å². The molecule has 6 heteroatoms. The maximum absolute atomic E-state index is 12.0. The Balaban J connectivity index is 2.12. The third-order valence-electron chi connectivity index (χ3n) is 2.89. The zero-order chi connectivity index (χ0) is 15.8. The van der Waals surface area contributed by atoms with Crippen molar-refractivity contribution >= 4 is 34.9 Å². The molecule has 0 aliphatic carbocycles. The van der Waals surface area contributed by atoms with Crippen LogP contribution in [0.15, 0.2) is 18.2 Å². The number of rotatable bonds is 3. The van der Waals surface area contributed by atoms with Crippen LogP contribution in [0.4, 0.5) is 5.69 Å². The molecule has 0 N–H and O–H groups in total. The Bertz CT molecular complexity index is 619. The molecule has 0 saturated carbocycles. The monoisotopic (exact) mass is 309 g/mol. The fourth-order valence-corrected chi connectivity index (χ4v) is 2.25. The van der Waals surface area contributed by atoms with Crippen LogP contribution in [0.3, 0.4) is 0 Å². The van der Waals surface area contributed by atoms with Gasteiger partial charge in [-0.15, -0.1) is 0 Å². The number of carbonyl (C=O) groups excluding carboxylic acids is 3. The number of hydrogen-bond donors (Lipinski definition) is 0. The van der Waals surface area contributed by atoms with Gasteiger partial charge in [-0.05, 0) is 39.0 Å². The van der Waals surface area contributed by atoms with E-state index in [0.717, 1.165) is 0 Å². The molecule has 0 fully saturated rings. The first-order chi connectivity index (χ1) is 9.69. The van der Waals surface area contributed by atoms with E-state index in [-0.39, 0.29) is 13.0 Å². The van der Waals surface area contributed by atoms with E-state index in [1.807, 2.05) is 0 Å². The highest BCUT2D eigenvalue weighted by Crippen LogP contribution is 2.31. The molecule has 21 heavy (non-hydrogen) atoms. The molecule has 0 saturated heterocycles. The highest BCUT2D eigenvalue weighted by atomic mass is 35.5. The number of anilines is 1. The van der Waals surface area contributed by atoms with Gasteiger partial charge in [-0.1, -0.05) is 11.6 Å². The van der Waals surface area contributed by atoms with Gasteiger partial charge in [0.25, 0.3) is 11.7 Å². The van der Waals surface area contributed by atoms with Crippen molar-refractivity contribution in [3.8, 4) is 0 Å².